The van der Waals surface area contributed by atoms with E-state index in [-0.39, 0.29) is 11.9 Å². The normalized spacial score (nSPS) is 11.2. The average molecular weight is 398 g/mol. The van der Waals surface area contributed by atoms with Crippen LogP contribution in [0.5, 0.6) is 0 Å². The molecular formula is C19H28BrNO3. The Morgan fingerprint density at radius 2 is 1.58 bits per heavy atom. The molecule has 0 aliphatic carbocycles. The zero-order valence-electron chi connectivity index (χ0n) is 14.9. The summed E-state index contributed by atoms with van der Waals surface area (Å²) in [6.07, 6.45) is 6.09. The van der Waals surface area contributed by atoms with Crippen LogP contribution in [0.2, 0.25) is 0 Å². The maximum absolute atomic E-state index is 11.9. The number of carbonyl (C=O) groups is 2. The van der Waals surface area contributed by atoms with Crippen molar-refractivity contribution in [2.45, 2.75) is 64.9 Å². The number of carbonyl (C=O) groups excluding carboxylic acids is 2. The number of rotatable bonds is 9. The molecule has 1 aromatic rings. The summed E-state index contributed by atoms with van der Waals surface area (Å²) in [5.74, 6) is -0.343. The summed E-state index contributed by atoms with van der Waals surface area (Å²) in [4.78, 5) is 23.8. The van der Waals surface area contributed by atoms with Gasteiger partial charge >= 0.3 is 5.97 Å². The fourth-order valence-corrected chi connectivity index (χ4v) is 2.56. The molecule has 5 heteroatoms. The van der Waals surface area contributed by atoms with Gasteiger partial charge in [0.1, 0.15) is 5.60 Å². The Balaban J connectivity index is 2.35. The van der Waals surface area contributed by atoms with Gasteiger partial charge < -0.3 is 10.1 Å². The van der Waals surface area contributed by atoms with Crippen LogP contribution < -0.4 is 5.32 Å². The van der Waals surface area contributed by atoms with Crippen LogP contribution in [0.4, 0.5) is 5.69 Å². The van der Waals surface area contributed by atoms with Gasteiger partial charge in [0.05, 0.1) is 5.56 Å². The van der Waals surface area contributed by atoms with Crippen molar-refractivity contribution in [2.24, 2.45) is 0 Å². The van der Waals surface area contributed by atoms with E-state index in [1.165, 1.54) is 19.3 Å². The molecule has 4 nitrogen and oxygen atoms in total. The van der Waals surface area contributed by atoms with Crippen LogP contribution in [-0.2, 0) is 9.53 Å². The smallest absolute Gasteiger partial charge is 0.338 e. The van der Waals surface area contributed by atoms with E-state index in [1.807, 2.05) is 20.8 Å². The molecule has 1 aromatic carbocycles. The lowest BCUT2D eigenvalue weighted by molar-refractivity contribution is -0.116. The number of hydrogen-bond donors (Lipinski definition) is 1. The molecule has 1 amide bonds. The van der Waals surface area contributed by atoms with E-state index in [0.29, 0.717) is 17.7 Å². The number of alkyl halides is 1. The summed E-state index contributed by atoms with van der Waals surface area (Å²) in [6, 6.07) is 6.80. The third kappa shape index (κ3) is 9.06. The number of esters is 1. The second kappa shape index (κ2) is 10.5. The van der Waals surface area contributed by atoms with Crippen molar-refractivity contribution < 1.29 is 14.3 Å². The minimum atomic E-state index is -0.515. The van der Waals surface area contributed by atoms with E-state index in [4.69, 9.17) is 4.74 Å². The predicted molar refractivity (Wildman–Crippen MR) is 102 cm³/mol. The van der Waals surface area contributed by atoms with Gasteiger partial charge in [-0.1, -0.05) is 35.2 Å². The molecule has 0 fully saturated rings. The highest BCUT2D eigenvalue weighted by molar-refractivity contribution is 9.09. The highest BCUT2D eigenvalue weighted by Crippen LogP contribution is 2.15. The Labute approximate surface area is 153 Å². The fourth-order valence-electron chi connectivity index (χ4n) is 2.16. The number of ether oxygens (including phenoxy) is 1. The molecule has 1 N–H and O–H groups in total. The first-order valence-electron chi connectivity index (χ1n) is 8.51. The molecular weight excluding hydrogens is 370 g/mol. The monoisotopic (exact) mass is 397 g/mol. The van der Waals surface area contributed by atoms with Gasteiger partial charge in [-0.2, -0.15) is 0 Å². The lowest BCUT2D eigenvalue weighted by Crippen LogP contribution is -2.23. The molecule has 1 rings (SSSR count). The van der Waals surface area contributed by atoms with Gasteiger partial charge in [-0.05, 0) is 57.9 Å². The van der Waals surface area contributed by atoms with E-state index in [9.17, 15) is 9.59 Å². The number of anilines is 1. The standard InChI is InChI=1S/C19H28BrNO3/c1-19(2,3)24-18(23)15-10-12-16(13-11-15)21-17(22)9-7-5-4-6-8-14-20/h10-13H,4-9,14H2,1-3H3,(H,21,22). The lowest BCUT2D eigenvalue weighted by Gasteiger charge is -2.19. The highest BCUT2D eigenvalue weighted by atomic mass is 79.9. The predicted octanol–water partition coefficient (Wildman–Crippen LogP) is 5.32. The Morgan fingerprint density at radius 3 is 2.17 bits per heavy atom. The average Bonchev–Trinajstić information content (AvgIpc) is 2.49. The molecule has 0 aliphatic rings. The first-order chi connectivity index (χ1) is 11.3. The Bertz CT molecular complexity index is 520. The van der Waals surface area contributed by atoms with E-state index in [1.54, 1.807) is 24.3 Å². The van der Waals surface area contributed by atoms with Gasteiger partial charge in [0.25, 0.3) is 0 Å². The summed E-state index contributed by atoms with van der Waals surface area (Å²) in [5, 5.41) is 3.91. The number of hydrogen-bond acceptors (Lipinski definition) is 3. The molecule has 0 saturated heterocycles. The van der Waals surface area contributed by atoms with Gasteiger partial charge in [0.2, 0.25) is 5.91 Å². The maximum atomic E-state index is 11.9. The van der Waals surface area contributed by atoms with Gasteiger partial charge in [-0.15, -0.1) is 0 Å². The van der Waals surface area contributed by atoms with Crippen molar-refractivity contribution in [3.63, 3.8) is 0 Å². The largest absolute Gasteiger partial charge is 0.456 e. The lowest BCUT2D eigenvalue weighted by atomic mass is 10.1. The van der Waals surface area contributed by atoms with E-state index >= 15 is 0 Å². The van der Waals surface area contributed by atoms with Crippen LogP contribution in [0.3, 0.4) is 0 Å². The maximum Gasteiger partial charge on any atom is 0.338 e. The summed E-state index contributed by atoms with van der Waals surface area (Å²) in [6.45, 7) is 5.50. The molecule has 0 aromatic heterocycles. The van der Waals surface area contributed by atoms with Gasteiger partial charge in [-0.3, -0.25) is 4.79 Å². The first kappa shape index (κ1) is 20.7. The van der Waals surface area contributed by atoms with Crippen LogP contribution in [0, 0.1) is 0 Å². The summed E-state index contributed by atoms with van der Waals surface area (Å²) >= 11 is 3.41. The molecule has 0 bridgehead atoms. The van der Waals surface area contributed by atoms with Gasteiger partial charge in [0.15, 0.2) is 0 Å². The van der Waals surface area contributed by atoms with Crippen molar-refractivity contribution in [1.29, 1.82) is 0 Å². The number of amides is 1. The molecule has 134 valence electrons. The Hall–Kier alpha value is -1.36. The SMILES string of the molecule is CC(C)(C)OC(=O)c1ccc(NC(=O)CCCCCCCBr)cc1. The van der Waals surface area contributed by atoms with E-state index < -0.39 is 5.60 Å². The Kier molecular flexibility index (Phi) is 9.04. The second-order valence-electron chi connectivity index (χ2n) is 6.83. The van der Waals surface area contributed by atoms with Crippen molar-refractivity contribution in [2.75, 3.05) is 10.6 Å². The molecule has 0 unspecified atom stereocenters. The van der Waals surface area contributed by atoms with Crippen molar-refractivity contribution in [1.82, 2.24) is 0 Å². The zero-order chi connectivity index (χ0) is 18.0. The van der Waals surface area contributed by atoms with Crippen LogP contribution in [0.15, 0.2) is 24.3 Å². The molecule has 0 saturated carbocycles. The minimum Gasteiger partial charge on any atom is -0.456 e. The molecule has 0 aliphatic heterocycles. The molecule has 0 radical (unpaired) electrons. The van der Waals surface area contributed by atoms with Gasteiger partial charge in [0, 0.05) is 17.4 Å². The fraction of sp³-hybridized carbons (Fsp3) is 0.579. The Morgan fingerprint density at radius 1 is 1.00 bits per heavy atom. The molecule has 0 heterocycles. The van der Waals surface area contributed by atoms with Crippen LogP contribution in [-0.4, -0.2) is 22.8 Å². The molecule has 24 heavy (non-hydrogen) atoms. The summed E-state index contributed by atoms with van der Waals surface area (Å²) in [7, 11) is 0. The third-order valence-electron chi connectivity index (χ3n) is 3.34. The minimum absolute atomic E-state index is 0.0144. The summed E-state index contributed by atoms with van der Waals surface area (Å²) < 4.78 is 5.31. The molecule has 0 atom stereocenters. The number of benzene rings is 1. The van der Waals surface area contributed by atoms with Crippen molar-refractivity contribution in [3.05, 3.63) is 29.8 Å². The number of halogens is 1. The quantitative estimate of drug-likeness (QED) is 0.348. The van der Waals surface area contributed by atoms with E-state index in [0.717, 1.165) is 18.2 Å². The van der Waals surface area contributed by atoms with Crippen LogP contribution in [0.25, 0.3) is 0 Å². The third-order valence-corrected chi connectivity index (χ3v) is 3.90. The zero-order valence-corrected chi connectivity index (χ0v) is 16.4. The topological polar surface area (TPSA) is 55.4 Å². The number of unbranched alkanes of at least 4 members (excludes halogenated alkanes) is 4. The number of nitrogens with one attached hydrogen (secondary N) is 1. The van der Waals surface area contributed by atoms with E-state index in [2.05, 4.69) is 21.2 Å². The second-order valence-corrected chi connectivity index (χ2v) is 7.63. The molecule has 0 spiro atoms. The van der Waals surface area contributed by atoms with Crippen LogP contribution in [0.1, 0.15) is 69.7 Å². The van der Waals surface area contributed by atoms with Gasteiger partial charge in [-0.25, -0.2) is 4.79 Å². The van der Waals surface area contributed by atoms with Crippen LogP contribution >= 0.6 is 15.9 Å². The first-order valence-corrected chi connectivity index (χ1v) is 9.63. The highest BCUT2D eigenvalue weighted by Gasteiger charge is 2.17. The summed E-state index contributed by atoms with van der Waals surface area (Å²) in [5.41, 5.74) is 0.666. The van der Waals surface area contributed by atoms with Crippen molar-refractivity contribution in [3.8, 4) is 0 Å². The van der Waals surface area contributed by atoms with Crippen molar-refractivity contribution >= 4 is 33.5 Å².